The van der Waals surface area contributed by atoms with E-state index in [9.17, 15) is 8.42 Å². The van der Waals surface area contributed by atoms with Crippen LogP contribution in [-0.2, 0) is 10.0 Å². The molecular formula is C20H26N4O4S. The van der Waals surface area contributed by atoms with Gasteiger partial charge in [-0.2, -0.15) is 0 Å². The first kappa shape index (κ1) is 20.9. The maximum absolute atomic E-state index is 12.3. The second kappa shape index (κ2) is 9.62. The lowest BCUT2D eigenvalue weighted by molar-refractivity contribution is 0.297. The minimum Gasteiger partial charge on any atom is -0.490 e. The predicted molar refractivity (Wildman–Crippen MR) is 113 cm³/mol. The molecule has 156 valence electrons. The van der Waals surface area contributed by atoms with Crippen LogP contribution >= 0.6 is 0 Å². The Hall–Kier alpha value is -2.78. The maximum atomic E-state index is 12.3. The molecule has 2 aromatic rings. The van der Waals surface area contributed by atoms with E-state index in [1.54, 1.807) is 31.3 Å². The minimum atomic E-state index is -3.54. The Morgan fingerprint density at radius 3 is 2.48 bits per heavy atom. The third-order valence-corrected chi connectivity index (χ3v) is 5.75. The van der Waals surface area contributed by atoms with E-state index in [2.05, 4.69) is 20.3 Å². The molecule has 0 radical (unpaired) electrons. The van der Waals surface area contributed by atoms with Crippen LogP contribution in [0.15, 0.2) is 52.4 Å². The number of nitrogens with zero attached hydrogens (tertiary/aromatic N) is 1. The molecule has 9 heteroatoms. The van der Waals surface area contributed by atoms with Gasteiger partial charge in [-0.3, -0.25) is 4.99 Å². The number of hydrogen-bond donors (Lipinski definition) is 3. The summed E-state index contributed by atoms with van der Waals surface area (Å²) in [5, 5.41) is 6.24. The van der Waals surface area contributed by atoms with E-state index < -0.39 is 10.0 Å². The molecule has 1 heterocycles. The average Bonchev–Trinajstić information content (AvgIpc) is 2.95. The van der Waals surface area contributed by atoms with Crippen molar-refractivity contribution >= 4 is 21.7 Å². The summed E-state index contributed by atoms with van der Waals surface area (Å²) in [5.41, 5.74) is 1.80. The number of fused-ring (bicyclic) bond motifs is 1. The first-order valence-electron chi connectivity index (χ1n) is 9.41. The molecule has 0 aliphatic carbocycles. The summed E-state index contributed by atoms with van der Waals surface area (Å²) in [7, 11) is -1.89. The van der Waals surface area contributed by atoms with Crippen LogP contribution in [0.25, 0.3) is 0 Å². The number of benzene rings is 2. The van der Waals surface area contributed by atoms with Crippen molar-refractivity contribution in [1.82, 2.24) is 10.0 Å². The molecule has 0 saturated heterocycles. The van der Waals surface area contributed by atoms with Crippen LogP contribution in [0.5, 0.6) is 11.5 Å². The SMILES string of the molecule is CN=C(NCCNS(=O)(=O)c1ccc(C)cc1)Nc1ccc2c(c1)OCCCO2. The number of aryl methyl sites for hydroxylation is 1. The number of aliphatic imine (C=N–C) groups is 1. The van der Waals surface area contributed by atoms with Gasteiger partial charge in [-0.1, -0.05) is 17.7 Å². The van der Waals surface area contributed by atoms with Gasteiger partial charge in [-0.25, -0.2) is 13.1 Å². The highest BCUT2D eigenvalue weighted by Gasteiger charge is 2.13. The van der Waals surface area contributed by atoms with Crippen LogP contribution < -0.4 is 24.8 Å². The lowest BCUT2D eigenvalue weighted by Gasteiger charge is -2.14. The smallest absolute Gasteiger partial charge is 0.240 e. The fourth-order valence-corrected chi connectivity index (χ4v) is 3.76. The Labute approximate surface area is 171 Å². The summed E-state index contributed by atoms with van der Waals surface area (Å²) in [6.45, 7) is 3.76. The van der Waals surface area contributed by atoms with Crippen molar-refractivity contribution in [3.05, 3.63) is 48.0 Å². The average molecular weight is 419 g/mol. The Balaban J connectivity index is 1.51. The molecule has 3 N–H and O–H groups in total. The number of sulfonamides is 1. The van der Waals surface area contributed by atoms with Crippen LogP contribution in [0.4, 0.5) is 5.69 Å². The van der Waals surface area contributed by atoms with Gasteiger partial charge >= 0.3 is 0 Å². The topological polar surface area (TPSA) is 101 Å². The summed E-state index contributed by atoms with van der Waals surface area (Å²) in [6, 6.07) is 12.3. The number of ether oxygens (including phenoxy) is 2. The van der Waals surface area contributed by atoms with Crippen LogP contribution in [0.1, 0.15) is 12.0 Å². The highest BCUT2D eigenvalue weighted by molar-refractivity contribution is 7.89. The Kier molecular flexibility index (Phi) is 6.95. The Morgan fingerprint density at radius 2 is 1.76 bits per heavy atom. The quantitative estimate of drug-likeness (QED) is 0.377. The van der Waals surface area contributed by atoms with Gasteiger partial charge < -0.3 is 20.1 Å². The lowest BCUT2D eigenvalue weighted by Crippen LogP contribution is -2.37. The second-order valence-electron chi connectivity index (χ2n) is 6.55. The number of guanidine groups is 1. The van der Waals surface area contributed by atoms with Gasteiger partial charge in [0.1, 0.15) is 0 Å². The van der Waals surface area contributed by atoms with Crippen LogP contribution in [0, 0.1) is 6.92 Å². The highest BCUT2D eigenvalue weighted by Crippen LogP contribution is 2.32. The largest absolute Gasteiger partial charge is 0.490 e. The molecule has 2 aromatic carbocycles. The van der Waals surface area contributed by atoms with Gasteiger partial charge in [0.25, 0.3) is 0 Å². The van der Waals surface area contributed by atoms with Crippen LogP contribution in [0.3, 0.4) is 0 Å². The van der Waals surface area contributed by atoms with E-state index in [0.717, 1.165) is 23.4 Å². The van der Waals surface area contributed by atoms with Crippen molar-refractivity contribution in [3.63, 3.8) is 0 Å². The van der Waals surface area contributed by atoms with Gasteiger partial charge in [0.05, 0.1) is 18.1 Å². The van der Waals surface area contributed by atoms with E-state index >= 15 is 0 Å². The fourth-order valence-electron chi connectivity index (χ4n) is 2.72. The normalized spacial score (nSPS) is 14.2. The molecule has 1 aliphatic heterocycles. The molecule has 0 amide bonds. The second-order valence-corrected chi connectivity index (χ2v) is 8.31. The van der Waals surface area contributed by atoms with E-state index in [-0.39, 0.29) is 11.4 Å². The van der Waals surface area contributed by atoms with Crippen molar-refractivity contribution < 1.29 is 17.9 Å². The molecule has 0 aromatic heterocycles. The number of nitrogens with one attached hydrogen (secondary N) is 3. The zero-order chi connectivity index (χ0) is 20.7. The van der Waals surface area contributed by atoms with Gasteiger partial charge in [-0.05, 0) is 31.2 Å². The predicted octanol–water partition coefficient (Wildman–Crippen LogP) is 2.12. The van der Waals surface area contributed by atoms with Gasteiger partial charge in [0.15, 0.2) is 17.5 Å². The third kappa shape index (κ3) is 5.85. The number of rotatable bonds is 6. The molecule has 29 heavy (non-hydrogen) atoms. The van der Waals surface area contributed by atoms with Crippen molar-refractivity contribution in [1.29, 1.82) is 0 Å². The summed E-state index contributed by atoms with van der Waals surface area (Å²) in [6.07, 6.45) is 0.846. The van der Waals surface area contributed by atoms with Gasteiger partial charge in [0, 0.05) is 38.3 Å². The van der Waals surface area contributed by atoms with Crippen LogP contribution in [-0.4, -0.2) is 47.7 Å². The van der Waals surface area contributed by atoms with E-state index in [0.29, 0.717) is 31.5 Å². The molecule has 0 bridgehead atoms. The molecule has 1 aliphatic rings. The number of anilines is 1. The monoisotopic (exact) mass is 418 g/mol. The molecule has 3 rings (SSSR count). The highest BCUT2D eigenvalue weighted by atomic mass is 32.2. The van der Waals surface area contributed by atoms with E-state index in [4.69, 9.17) is 9.47 Å². The van der Waals surface area contributed by atoms with Crippen LogP contribution in [0.2, 0.25) is 0 Å². The summed E-state index contributed by atoms with van der Waals surface area (Å²) >= 11 is 0. The molecular weight excluding hydrogens is 392 g/mol. The fraction of sp³-hybridized carbons (Fsp3) is 0.350. The first-order chi connectivity index (χ1) is 14.0. The molecule has 0 fully saturated rings. The zero-order valence-corrected chi connectivity index (χ0v) is 17.4. The minimum absolute atomic E-state index is 0.220. The molecule has 0 atom stereocenters. The molecule has 0 unspecified atom stereocenters. The number of hydrogen-bond acceptors (Lipinski definition) is 5. The van der Waals surface area contributed by atoms with Gasteiger partial charge in [-0.15, -0.1) is 0 Å². The molecule has 0 saturated carbocycles. The van der Waals surface area contributed by atoms with Gasteiger partial charge in [0.2, 0.25) is 10.0 Å². The molecule has 8 nitrogen and oxygen atoms in total. The summed E-state index contributed by atoms with van der Waals surface area (Å²) < 4.78 is 38.5. The maximum Gasteiger partial charge on any atom is 0.240 e. The first-order valence-corrected chi connectivity index (χ1v) is 10.9. The molecule has 0 spiro atoms. The van der Waals surface area contributed by atoms with Crippen molar-refractivity contribution in [2.24, 2.45) is 4.99 Å². The Bertz CT molecular complexity index is 959. The van der Waals surface area contributed by atoms with Crippen molar-refractivity contribution in [2.45, 2.75) is 18.2 Å². The van der Waals surface area contributed by atoms with E-state index in [1.807, 2.05) is 25.1 Å². The zero-order valence-electron chi connectivity index (χ0n) is 16.6. The standard InChI is InChI=1S/C20H26N4O4S/c1-15-4-7-17(8-5-15)29(25,26)23-11-10-22-20(21-2)24-16-6-9-18-19(14-16)28-13-3-12-27-18/h4-9,14,23H,3,10-13H2,1-2H3,(H2,21,22,24). The van der Waals surface area contributed by atoms with E-state index in [1.165, 1.54) is 0 Å². The van der Waals surface area contributed by atoms with Crippen molar-refractivity contribution in [3.8, 4) is 11.5 Å². The Morgan fingerprint density at radius 1 is 1.03 bits per heavy atom. The third-order valence-electron chi connectivity index (χ3n) is 4.27. The van der Waals surface area contributed by atoms with Crippen molar-refractivity contribution in [2.75, 3.05) is 38.7 Å². The summed E-state index contributed by atoms with van der Waals surface area (Å²) in [5.74, 6) is 1.93. The summed E-state index contributed by atoms with van der Waals surface area (Å²) in [4.78, 5) is 4.41. The lowest BCUT2D eigenvalue weighted by atomic mass is 10.2.